The summed E-state index contributed by atoms with van der Waals surface area (Å²) in [4.78, 5) is 13.3. The van der Waals surface area contributed by atoms with Crippen molar-refractivity contribution >= 4 is 17.5 Å². The Morgan fingerprint density at radius 3 is 1.78 bits per heavy atom. The average Bonchev–Trinajstić information content (AvgIpc) is 2.96. The van der Waals surface area contributed by atoms with Crippen LogP contribution < -0.4 is 0 Å². The smallest absolute Gasteiger partial charge is 0.194 e. The van der Waals surface area contributed by atoms with E-state index in [1.165, 1.54) is 0 Å². The number of nitrogens with zero attached hydrogens (tertiary/aromatic N) is 1. The first-order chi connectivity index (χ1) is 12.3. The van der Waals surface area contributed by atoms with Crippen molar-refractivity contribution in [3.63, 3.8) is 0 Å². The van der Waals surface area contributed by atoms with Gasteiger partial charge in [-0.3, -0.25) is 4.79 Å². The maximum Gasteiger partial charge on any atom is 0.194 e. The van der Waals surface area contributed by atoms with E-state index in [1.807, 2.05) is 30.7 Å². The minimum absolute atomic E-state index is 0.000648. The lowest BCUT2D eigenvalue weighted by atomic mass is 9.78. The zero-order valence-electron chi connectivity index (χ0n) is 18.1. The number of thioether (sulfide) groups is 1. The van der Waals surface area contributed by atoms with Gasteiger partial charge in [0.2, 0.25) is 0 Å². The molecule has 1 aromatic heterocycles. The number of benzene rings is 1. The van der Waals surface area contributed by atoms with E-state index in [2.05, 4.69) is 60.0 Å². The standard InChI is InChI=1S/C23H33NO2S/c1-14(2)24-13-16(12-19(24)27-9)20(25)15-10-17(22(3,4)5)21(26)18(11-15)23(6,7)8/h10-14,26H,1-9H3. The summed E-state index contributed by atoms with van der Waals surface area (Å²) in [5.74, 6) is 0.303. The third-order valence-electron chi connectivity index (χ3n) is 4.83. The van der Waals surface area contributed by atoms with Crippen LogP contribution in [0, 0.1) is 0 Å². The van der Waals surface area contributed by atoms with Crippen molar-refractivity contribution in [2.45, 2.75) is 77.3 Å². The molecule has 0 aliphatic rings. The maximum atomic E-state index is 13.3. The van der Waals surface area contributed by atoms with Crippen LogP contribution in [0.3, 0.4) is 0 Å². The van der Waals surface area contributed by atoms with Crippen molar-refractivity contribution in [1.82, 2.24) is 4.57 Å². The molecule has 0 spiro atoms. The lowest BCUT2D eigenvalue weighted by Crippen LogP contribution is -2.19. The van der Waals surface area contributed by atoms with Gasteiger partial charge < -0.3 is 9.67 Å². The Kier molecular flexibility index (Phi) is 5.91. The highest BCUT2D eigenvalue weighted by atomic mass is 32.2. The molecule has 0 saturated carbocycles. The zero-order chi connectivity index (χ0) is 20.7. The lowest BCUT2D eigenvalue weighted by Gasteiger charge is -2.28. The van der Waals surface area contributed by atoms with E-state index < -0.39 is 0 Å². The molecule has 0 aliphatic carbocycles. The minimum Gasteiger partial charge on any atom is -0.507 e. The highest BCUT2D eigenvalue weighted by Crippen LogP contribution is 2.40. The first kappa shape index (κ1) is 21.6. The molecule has 1 aromatic carbocycles. The van der Waals surface area contributed by atoms with Crippen LogP contribution in [0.25, 0.3) is 0 Å². The van der Waals surface area contributed by atoms with Crippen LogP contribution >= 0.6 is 11.8 Å². The number of hydrogen-bond acceptors (Lipinski definition) is 3. The molecule has 2 rings (SSSR count). The topological polar surface area (TPSA) is 42.2 Å². The summed E-state index contributed by atoms with van der Waals surface area (Å²) in [7, 11) is 0. The highest BCUT2D eigenvalue weighted by molar-refractivity contribution is 7.98. The summed E-state index contributed by atoms with van der Waals surface area (Å²) in [6.45, 7) is 16.6. The molecule has 0 bridgehead atoms. The maximum absolute atomic E-state index is 13.3. The summed E-state index contributed by atoms with van der Waals surface area (Å²) < 4.78 is 2.13. The Balaban J connectivity index is 2.66. The summed E-state index contributed by atoms with van der Waals surface area (Å²) in [6, 6.07) is 5.98. The van der Waals surface area contributed by atoms with Crippen molar-refractivity contribution < 1.29 is 9.90 Å². The van der Waals surface area contributed by atoms with Gasteiger partial charge in [0.15, 0.2) is 5.78 Å². The predicted octanol–water partition coefficient (Wildman–Crippen LogP) is 6.32. The van der Waals surface area contributed by atoms with Crippen LogP contribution in [0.1, 0.15) is 88.5 Å². The normalized spacial score (nSPS) is 12.7. The fourth-order valence-corrected chi connectivity index (χ4v) is 3.95. The number of hydrogen-bond donors (Lipinski definition) is 1. The third-order valence-corrected chi connectivity index (χ3v) is 5.57. The van der Waals surface area contributed by atoms with Gasteiger partial charge in [-0.1, -0.05) is 41.5 Å². The molecule has 1 N–H and O–H groups in total. The molecule has 2 aromatic rings. The molecule has 1 heterocycles. The predicted molar refractivity (Wildman–Crippen MR) is 116 cm³/mol. The van der Waals surface area contributed by atoms with E-state index in [0.717, 1.165) is 16.2 Å². The SMILES string of the molecule is CSc1cc(C(=O)c2cc(C(C)(C)C)c(O)c(C(C)(C)C)c2)cn1C(C)C. The van der Waals surface area contributed by atoms with Crippen LogP contribution in [0.15, 0.2) is 29.4 Å². The monoisotopic (exact) mass is 387 g/mol. The Hall–Kier alpha value is -1.68. The fraction of sp³-hybridized carbons (Fsp3) is 0.522. The summed E-state index contributed by atoms with van der Waals surface area (Å²) in [5.41, 5.74) is 2.44. The number of carbonyl (C=O) groups is 1. The first-order valence-electron chi connectivity index (χ1n) is 9.46. The van der Waals surface area contributed by atoms with Gasteiger partial charge in [-0.15, -0.1) is 11.8 Å². The van der Waals surface area contributed by atoms with Crippen molar-refractivity contribution in [2.24, 2.45) is 0 Å². The molecule has 0 aliphatic heterocycles. The van der Waals surface area contributed by atoms with E-state index in [4.69, 9.17) is 0 Å². The summed E-state index contributed by atoms with van der Waals surface area (Å²) in [6.07, 6.45) is 3.97. The molecule has 4 heteroatoms. The molecule has 0 unspecified atom stereocenters. The number of ketones is 1. The van der Waals surface area contributed by atoms with Gasteiger partial charge in [-0.05, 0) is 49.1 Å². The number of aromatic hydroxyl groups is 1. The third kappa shape index (κ3) is 4.43. The number of phenolic OH excluding ortho intramolecular Hbond substituents is 1. The number of carbonyl (C=O) groups excluding carboxylic acids is 1. The van der Waals surface area contributed by atoms with Crippen molar-refractivity contribution in [3.05, 3.63) is 46.6 Å². The lowest BCUT2D eigenvalue weighted by molar-refractivity contribution is 0.103. The van der Waals surface area contributed by atoms with Gasteiger partial charge in [-0.2, -0.15) is 0 Å². The van der Waals surface area contributed by atoms with Crippen molar-refractivity contribution in [3.8, 4) is 5.75 Å². The van der Waals surface area contributed by atoms with Crippen LogP contribution in [-0.2, 0) is 10.8 Å². The molecule has 0 radical (unpaired) electrons. The Morgan fingerprint density at radius 2 is 1.44 bits per heavy atom. The second-order valence-electron chi connectivity index (χ2n) is 9.52. The van der Waals surface area contributed by atoms with Gasteiger partial charge in [0, 0.05) is 34.5 Å². The van der Waals surface area contributed by atoms with Crippen molar-refractivity contribution in [1.29, 1.82) is 0 Å². The molecule has 0 saturated heterocycles. The largest absolute Gasteiger partial charge is 0.507 e. The van der Waals surface area contributed by atoms with Crippen LogP contribution in [0.4, 0.5) is 0 Å². The number of phenols is 1. The molecule has 0 amide bonds. The van der Waals surface area contributed by atoms with Crippen LogP contribution in [-0.4, -0.2) is 21.7 Å². The van der Waals surface area contributed by atoms with Crippen LogP contribution in [0.5, 0.6) is 5.75 Å². The molecular weight excluding hydrogens is 354 g/mol. The molecule has 27 heavy (non-hydrogen) atoms. The van der Waals surface area contributed by atoms with Gasteiger partial charge in [0.1, 0.15) is 5.75 Å². The summed E-state index contributed by atoms with van der Waals surface area (Å²) in [5, 5.41) is 12.0. The Morgan fingerprint density at radius 1 is 0.963 bits per heavy atom. The van der Waals surface area contributed by atoms with Gasteiger partial charge >= 0.3 is 0 Å². The second-order valence-corrected chi connectivity index (χ2v) is 10.3. The van der Waals surface area contributed by atoms with Crippen LogP contribution in [0.2, 0.25) is 0 Å². The van der Waals surface area contributed by atoms with Gasteiger partial charge in [0.25, 0.3) is 0 Å². The minimum atomic E-state index is -0.255. The van der Waals surface area contributed by atoms with E-state index >= 15 is 0 Å². The molecule has 0 atom stereocenters. The van der Waals surface area contributed by atoms with E-state index in [0.29, 0.717) is 22.9 Å². The van der Waals surface area contributed by atoms with E-state index in [-0.39, 0.29) is 16.6 Å². The Labute approximate surface area is 168 Å². The van der Waals surface area contributed by atoms with Gasteiger partial charge in [-0.25, -0.2) is 0 Å². The van der Waals surface area contributed by atoms with E-state index in [9.17, 15) is 9.90 Å². The van der Waals surface area contributed by atoms with E-state index in [1.54, 1.807) is 11.8 Å². The molecule has 148 valence electrons. The van der Waals surface area contributed by atoms with Gasteiger partial charge in [0.05, 0.1) is 5.03 Å². The van der Waals surface area contributed by atoms with Crippen molar-refractivity contribution in [2.75, 3.05) is 6.26 Å². The quantitative estimate of drug-likeness (QED) is 0.493. The molecule has 0 fully saturated rings. The molecule has 3 nitrogen and oxygen atoms in total. The Bertz CT molecular complexity index is 813. The molecular formula is C23H33NO2S. The second kappa shape index (κ2) is 7.38. The number of rotatable bonds is 4. The summed E-state index contributed by atoms with van der Waals surface area (Å²) >= 11 is 1.65. The number of aromatic nitrogens is 1. The zero-order valence-corrected chi connectivity index (χ0v) is 18.9. The fourth-order valence-electron chi connectivity index (χ4n) is 3.23. The highest BCUT2D eigenvalue weighted by Gasteiger charge is 2.28. The first-order valence-corrected chi connectivity index (χ1v) is 10.7. The average molecular weight is 388 g/mol.